The van der Waals surface area contributed by atoms with Crippen molar-refractivity contribution in [3.8, 4) is 5.75 Å². The molecule has 2 rings (SSSR count). The molecular formula is C15H23N3O3S. The minimum Gasteiger partial charge on any atom is -0.490 e. The van der Waals surface area contributed by atoms with Gasteiger partial charge in [0.1, 0.15) is 12.4 Å². The van der Waals surface area contributed by atoms with Crippen LogP contribution in [-0.4, -0.2) is 38.3 Å². The maximum atomic E-state index is 11.0. The van der Waals surface area contributed by atoms with Gasteiger partial charge in [-0.3, -0.25) is 0 Å². The van der Waals surface area contributed by atoms with Gasteiger partial charge in [-0.25, -0.2) is 13.1 Å². The summed E-state index contributed by atoms with van der Waals surface area (Å²) in [6, 6.07) is 5.80. The number of hydrogen-bond acceptors (Lipinski definition) is 4. The van der Waals surface area contributed by atoms with E-state index in [1.54, 1.807) is 0 Å². The fourth-order valence-corrected chi connectivity index (χ4v) is 2.78. The second kappa shape index (κ2) is 6.28. The number of benzene rings is 1. The maximum absolute atomic E-state index is 11.0. The lowest BCUT2D eigenvalue weighted by Gasteiger charge is -2.17. The van der Waals surface area contributed by atoms with E-state index in [1.165, 1.54) is 0 Å². The van der Waals surface area contributed by atoms with Crippen LogP contribution < -0.4 is 15.2 Å². The van der Waals surface area contributed by atoms with Crippen molar-refractivity contribution in [1.82, 2.24) is 9.71 Å². The number of para-hydroxylation sites is 1. The minimum atomic E-state index is -3.19. The molecule has 2 aromatic rings. The first-order valence-corrected chi connectivity index (χ1v) is 9.00. The van der Waals surface area contributed by atoms with E-state index in [2.05, 4.69) is 9.71 Å². The number of nitrogens with two attached hydrogens (primary N) is 1. The van der Waals surface area contributed by atoms with Gasteiger partial charge in [0.05, 0.1) is 11.8 Å². The third-order valence-corrected chi connectivity index (χ3v) is 3.86. The number of H-pyrrole nitrogens is 1. The van der Waals surface area contributed by atoms with Gasteiger partial charge in [-0.05, 0) is 31.9 Å². The number of fused-ring (bicyclic) bond motifs is 1. The van der Waals surface area contributed by atoms with Gasteiger partial charge in [-0.2, -0.15) is 0 Å². The molecule has 0 saturated heterocycles. The number of sulfonamides is 1. The largest absolute Gasteiger partial charge is 0.490 e. The Hall–Kier alpha value is -1.57. The van der Waals surface area contributed by atoms with Crippen LogP contribution >= 0.6 is 0 Å². The average molecular weight is 325 g/mol. The summed E-state index contributed by atoms with van der Waals surface area (Å²) in [5, 5.41) is 1.08. The van der Waals surface area contributed by atoms with Crippen molar-refractivity contribution in [3.63, 3.8) is 0 Å². The Labute approximate surface area is 131 Å². The van der Waals surface area contributed by atoms with E-state index < -0.39 is 10.0 Å². The van der Waals surface area contributed by atoms with Crippen LogP contribution in [0.5, 0.6) is 5.75 Å². The molecule has 6 nitrogen and oxygen atoms in total. The van der Waals surface area contributed by atoms with Gasteiger partial charge in [-0.1, -0.05) is 12.1 Å². The van der Waals surface area contributed by atoms with Crippen LogP contribution in [0.2, 0.25) is 0 Å². The van der Waals surface area contributed by atoms with Crippen LogP contribution in [-0.2, 0) is 16.4 Å². The zero-order chi connectivity index (χ0) is 16.4. The van der Waals surface area contributed by atoms with Crippen molar-refractivity contribution in [1.29, 1.82) is 0 Å². The van der Waals surface area contributed by atoms with Crippen molar-refractivity contribution in [2.24, 2.45) is 5.73 Å². The van der Waals surface area contributed by atoms with Crippen LogP contribution in [0.25, 0.3) is 10.9 Å². The molecule has 0 atom stereocenters. The molecule has 7 heteroatoms. The van der Waals surface area contributed by atoms with Crippen molar-refractivity contribution in [2.45, 2.75) is 25.8 Å². The van der Waals surface area contributed by atoms with Gasteiger partial charge in [0, 0.05) is 23.7 Å². The Bertz CT molecular complexity index is 745. The Morgan fingerprint density at radius 3 is 2.73 bits per heavy atom. The lowest BCUT2D eigenvalue weighted by atomic mass is 9.96. The Morgan fingerprint density at radius 2 is 2.09 bits per heavy atom. The fourth-order valence-electron chi connectivity index (χ4n) is 2.33. The third-order valence-electron chi connectivity index (χ3n) is 3.13. The van der Waals surface area contributed by atoms with Crippen molar-refractivity contribution < 1.29 is 13.2 Å². The minimum absolute atomic E-state index is 0.235. The summed E-state index contributed by atoms with van der Waals surface area (Å²) in [4.78, 5) is 3.22. The maximum Gasteiger partial charge on any atom is 0.208 e. The summed E-state index contributed by atoms with van der Waals surface area (Å²) < 4.78 is 30.1. The first kappa shape index (κ1) is 16.8. The summed E-state index contributed by atoms with van der Waals surface area (Å²) in [5.74, 6) is 0.703. The molecule has 0 unspecified atom stereocenters. The zero-order valence-corrected chi connectivity index (χ0v) is 14.0. The van der Waals surface area contributed by atoms with Gasteiger partial charge in [-0.15, -0.1) is 0 Å². The zero-order valence-electron chi connectivity index (χ0n) is 13.1. The van der Waals surface area contributed by atoms with Crippen LogP contribution in [0.3, 0.4) is 0 Å². The molecule has 0 fully saturated rings. The van der Waals surface area contributed by atoms with E-state index in [0.29, 0.717) is 5.75 Å². The quantitative estimate of drug-likeness (QED) is 0.670. The summed E-state index contributed by atoms with van der Waals surface area (Å²) >= 11 is 0. The highest BCUT2D eigenvalue weighted by molar-refractivity contribution is 7.88. The highest BCUT2D eigenvalue weighted by Gasteiger charge is 2.16. The number of aromatic amines is 1. The van der Waals surface area contributed by atoms with Gasteiger partial charge in [0.25, 0.3) is 0 Å². The second-order valence-electron chi connectivity index (χ2n) is 6.17. The number of nitrogens with one attached hydrogen (secondary N) is 2. The molecule has 0 spiro atoms. The van der Waals surface area contributed by atoms with E-state index in [0.717, 1.165) is 29.1 Å². The highest BCUT2D eigenvalue weighted by Crippen LogP contribution is 2.28. The monoisotopic (exact) mass is 325 g/mol. The molecule has 0 aliphatic rings. The van der Waals surface area contributed by atoms with E-state index in [-0.39, 0.29) is 18.7 Å². The predicted molar refractivity (Wildman–Crippen MR) is 88.6 cm³/mol. The summed E-state index contributed by atoms with van der Waals surface area (Å²) in [6.45, 7) is 4.48. The lowest BCUT2D eigenvalue weighted by molar-refractivity contribution is 0.326. The van der Waals surface area contributed by atoms with Gasteiger partial charge >= 0.3 is 0 Å². The number of rotatable bonds is 7. The molecule has 0 aliphatic heterocycles. The van der Waals surface area contributed by atoms with Crippen molar-refractivity contribution in [2.75, 3.05) is 19.4 Å². The molecule has 0 amide bonds. The first-order valence-electron chi connectivity index (χ1n) is 7.11. The number of hydrogen-bond donors (Lipinski definition) is 3. The second-order valence-corrected chi connectivity index (χ2v) is 8.01. The first-order chi connectivity index (χ1) is 10.2. The van der Waals surface area contributed by atoms with E-state index >= 15 is 0 Å². The van der Waals surface area contributed by atoms with E-state index in [4.69, 9.17) is 10.5 Å². The molecule has 1 aromatic carbocycles. The van der Waals surface area contributed by atoms with Crippen LogP contribution in [0.4, 0.5) is 0 Å². The van der Waals surface area contributed by atoms with Crippen LogP contribution in [0.1, 0.15) is 19.4 Å². The number of aromatic nitrogens is 1. The van der Waals surface area contributed by atoms with Gasteiger partial charge in [0.15, 0.2) is 0 Å². The van der Waals surface area contributed by atoms with Crippen LogP contribution in [0.15, 0.2) is 24.4 Å². The van der Waals surface area contributed by atoms with Crippen molar-refractivity contribution >= 4 is 20.9 Å². The summed E-state index contributed by atoms with van der Waals surface area (Å²) in [5.41, 5.74) is 7.84. The Morgan fingerprint density at radius 1 is 1.36 bits per heavy atom. The molecule has 4 N–H and O–H groups in total. The average Bonchev–Trinajstić information content (AvgIpc) is 2.75. The van der Waals surface area contributed by atoms with Crippen LogP contribution in [0, 0.1) is 0 Å². The molecule has 122 valence electrons. The Balaban J connectivity index is 2.11. The third kappa shape index (κ3) is 4.72. The molecular weight excluding hydrogens is 302 g/mol. The smallest absolute Gasteiger partial charge is 0.208 e. The molecule has 0 radical (unpaired) electrons. The molecule has 1 aromatic heterocycles. The molecule has 1 heterocycles. The summed E-state index contributed by atoms with van der Waals surface area (Å²) in [6.07, 6.45) is 3.83. The fraction of sp³-hybridized carbons (Fsp3) is 0.467. The lowest BCUT2D eigenvalue weighted by Crippen LogP contribution is -2.34. The topological polar surface area (TPSA) is 97.2 Å². The van der Waals surface area contributed by atoms with Gasteiger partial charge < -0.3 is 15.5 Å². The molecule has 0 aliphatic carbocycles. The normalized spacial score (nSPS) is 12.7. The summed E-state index contributed by atoms with van der Waals surface area (Å²) in [7, 11) is -3.19. The highest BCUT2D eigenvalue weighted by atomic mass is 32.2. The SMILES string of the molecule is CC(C)(N)Cc1c[nH]c2c(OCCNS(C)(=O)=O)cccc12. The number of ether oxygens (including phenoxy) is 1. The molecule has 0 bridgehead atoms. The molecule has 22 heavy (non-hydrogen) atoms. The van der Waals surface area contributed by atoms with E-state index in [9.17, 15) is 8.42 Å². The van der Waals surface area contributed by atoms with Crippen molar-refractivity contribution in [3.05, 3.63) is 30.0 Å². The van der Waals surface area contributed by atoms with E-state index in [1.807, 2.05) is 38.2 Å². The molecule has 0 saturated carbocycles. The Kier molecular flexibility index (Phi) is 4.79. The van der Waals surface area contributed by atoms with Gasteiger partial charge in [0.2, 0.25) is 10.0 Å². The standard InChI is InChI=1S/C15H23N3O3S/c1-15(2,16)9-11-10-17-14-12(11)5-4-6-13(14)21-8-7-18-22(3,19)20/h4-6,10,17-18H,7-9,16H2,1-3H3. The predicted octanol–water partition coefficient (Wildman–Crippen LogP) is 1.38.